The zero-order valence-electron chi connectivity index (χ0n) is 15.2. The minimum atomic E-state index is -0.115. The third-order valence-electron chi connectivity index (χ3n) is 4.54. The molecule has 0 radical (unpaired) electrons. The highest BCUT2D eigenvalue weighted by Crippen LogP contribution is 2.29. The highest BCUT2D eigenvalue weighted by Gasteiger charge is 2.29. The lowest BCUT2D eigenvalue weighted by atomic mass is 9.98. The summed E-state index contributed by atoms with van der Waals surface area (Å²) in [6.07, 6.45) is 3.55. The van der Waals surface area contributed by atoms with Crippen molar-refractivity contribution in [2.45, 2.75) is 12.8 Å². The lowest BCUT2D eigenvalue weighted by Gasteiger charge is -2.33. The molecule has 1 saturated heterocycles. The van der Waals surface area contributed by atoms with Gasteiger partial charge in [-0.05, 0) is 31.0 Å². The van der Waals surface area contributed by atoms with Crippen molar-refractivity contribution in [1.82, 2.24) is 9.88 Å². The number of para-hydroxylation sites is 1. The molecular weight excluding hydrogens is 332 g/mol. The molecule has 1 aromatic carbocycles. The van der Waals surface area contributed by atoms with E-state index in [1.165, 1.54) is 14.2 Å². The SMILES string of the molecule is COc1ccnc(OC)c1C(=O)N1CCCC(COc2ccccc2)C1. The Kier molecular flexibility index (Phi) is 5.94. The maximum absolute atomic E-state index is 13.1. The molecule has 1 aliphatic rings. The van der Waals surface area contributed by atoms with E-state index < -0.39 is 0 Å². The van der Waals surface area contributed by atoms with Crippen LogP contribution in [0.2, 0.25) is 0 Å². The molecule has 0 N–H and O–H groups in total. The summed E-state index contributed by atoms with van der Waals surface area (Å²) in [7, 11) is 3.05. The zero-order valence-corrected chi connectivity index (χ0v) is 15.2. The van der Waals surface area contributed by atoms with Crippen LogP contribution in [0.3, 0.4) is 0 Å². The number of piperidine rings is 1. The molecule has 0 aliphatic carbocycles. The van der Waals surface area contributed by atoms with Crippen LogP contribution >= 0.6 is 0 Å². The van der Waals surface area contributed by atoms with Crippen LogP contribution in [0.4, 0.5) is 0 Å². The van der Waals surface area contributed by atoms with Crippen LogP contribution in [-0.2, 0) is 0 Å². The van der Waals surface area contributed by atoms with Gasteiger partial charge in [0.1, 0.15) is 17.1 Å². The number of likely N-dealkylation sites (tertiary alicyclic amines) is 1. The van der Waals surface area contributed by atoms with E-state index >= 15 is 0 Å². The molecule has 1 amide bonds. The second kappa shape index (κ2) is 8.56. The van der Waals surface area contributed by atoms with Gasteiger partial charge >= 0.3 is 0 Å². The Labute approximate surface area is 153 Å². The van der Waals surface area contributed by atoms with Crippen LogP contribution in [0.1, 0.15) is 23.2 Å². The van der Waals surface area contributed by atoms with Crippen molar-refractivity contribution in [3.63, 3.8) is 0 Å². The summed E-state index contributed by atoms with van der Waals surface area (Å²) in [4.78, 5) is 19.0. The molecule has 1 aliphatic heterocycles. The molecule has 0 saturated carbocycles. The van der Waals surface area contributed by atoms with E-state index in [4.69, 9.17) is 14.2 Å². The third-order valence-corrected chi connectivity index (χ3v) is 4.54. The van der Waals surface area contributed by atoms with Crippen molar-refractivity contribution < 1.29 is 19.0 Å². The standard InChI is InChI=1S/C20H24N2O4/c1-24-17-10-11-21-19(25-2)18(17)20(23)22-12-6-7-15(13-22)14-26-16-8-4-3-5-9-16/h3-5,8-11,15H,6-7,12-14H2,1-2H3. The average molecular weight is 356 g/mol. The first-order chi connectivity index (χ1) is 12.7. The summed E-state index contributed by atoms with van der Waals surface area (Å²) in [5.74, 6) is 1.80. The van der Waals surface area contributed by atoms with Gasteiger partial charge in [-0.15, -0.1) is 0 Å². The molecule has 6 nitrogen and oxygen atoms in total. The molecule has 1 atom stereocenters. The highest BCUT2D eigenvalue weighted by atomic mass is 16.5. The zero-order chi connectivity index (χ0) is 18.4. The number of ether oxygens (including phenoxy) is 3. The first-order valence-electron chi connectivity index (χ1n) is 8.77. The molecule has 26 heavy (non-hydrogen) atoms. The smallest absolute Gasteiger partial charge is 0.263 e. The van der Waals surface area contributed by atoms with E-state index in [1.54, 1.807) is 12.3 Å². The Morgan fingerprint density at radius 1 is 1.19 bits per heavy atom. The summed E-state index contributed by atoms with van der Waals surface area (Å²) >= 11 is 0. The minimum Gasteiger partial charge on any atom is -0.496 e. The van der Waals surface area contributed by atoms with E-state index in [0.717, 1.165) is 18.6 Å². The second-order valence-corrected chi connectivity index (χ2v) is 6.28. The van der Waals surface area contributed by atoms with E-state index in [-0.39, 0.29) is 11.8 Å². The van der Waals surface area contributed by atoms with Gasteiger partial charge in [0, 0.05) is 25.2 Å². The summed E-state index contributed by atoms with van der Waals surface area (Å²) in [5.41, 5.74) is 0.377. The molecule has 0 bridgehead atoms. The molecule has 6 heteroatoms. The second-order valence-electron chi connectivity index (χ2n) is 6.28. The monoisotopic (exact) mass is 356 g/mol. The van der Waals surface area contributed by atoms with E-state index in [2.05, 4.69) is 4.98 Å². The van der Waals surface area contributed by atoms with Gasteiger partial charge in [-0.2, -0.15) is 0 Å². The van der Waals surface area contributed by atoms with Crippen LogP contribution < -0.4 is 14.2 Å². The van der Waals surface area contributed by atoms with E-state index in [1.807, 2.05) is 35.2 Å². The Bertz CT molecular complexity index is 714. The van der Waals surface area contributed by atoms with Gasteiger partial charge in [-0.25, -0.2) is 4.98 Å². The normalized spacial score (nSPS) is 16.8. The predicted molar refractivity (Wildman–Crippen MR) is 97.9 cm³/mol. The first kappa shape index (κ1) is 18.0. The maximum Gasteiger partial charge on any atom is 0.263 e. The summed E-state index contributed by atoms with van der Waals surface area (Å²) in [6.45, 7) is 1.95. The number of carbonyl (C=O) groups excluding carboxylic acids is 1. The van der Waals surface area contributed by atoms with Crippen LogP contribution in [0.15, 0.2) is 42.6 Å². The van der Waals surface area contributed by atoms with Gasteiger partial charge in [0.15, 0.2) is 0 Å². The molecule has 2 heterocycles. The first-order valence-corrected chi connectivity index (χ1v) is 8.77. The van der Waals surface area contributed by atoms with Crippen molar-refractivity contribution in [3.05, 3.63) is 48.2 Å². The molecule has 3 rings (SSSR count). The number of benzene rings is 1. The fourth-order valence-corrected chi connectivity index (χ4v) is 3.22. The Balaban J connectivity index is 1.68. The molecule has 0 spiro atoms. The maximum atomic E-state index is 13.1. The van der Waals surface area contributed by atoms with Crippen LogP contribution in [0, 0.1) is 5.92 Å². The van der Waals surface area contributed by atoms with Crippen molar-refractivity contribution in [2.75, 3.05) is 33.9 Å². The van der Waals surface area contributed by atoms with Crippen molar-refractivity contribution in [3.8, 4) is 17.4 Å². The molecule has 1 aromatic heterocycles. The van der Waals surface area contributed by atoms with Crippen LogP contribution in [-0.4, -0.2) is 49.7 Å². The molecular formula is C20H24N2O4. The van der Waals surface area contributed by atoms with Crippen molar-refractivity contribution in [2.24, 2.45) is 5.92 Å². The average Bonchev–Trinajstić information content (AvgIpc) is 2.72. The number of carbonyl (C=O) groups is 1. The van der Waals surface area contributed by atoms with E-state index in [0.29, 0.717) is 36.9 Å². The van der Waals surface area contributed by atoms with Gasteiger partial charge in [0.25, 0.3) is 5.91 Å². The van der Waals surface area contributed by atoms with Crippen molar-refractivity contribution >= 4 is 5.91 Å². The topological polar surface area (TPSA) is 60.9 Å². The Morgan fingerprint density at radius 3 is 2.73 bits per heavy atom. The van der Waals surface area contributed by atoms with Crippen LogP contribution in [0.5, 0.6) is 17.4 Å². The van der Waals surface area contributed by atoms with Gasteiger partial charge < -0.3 is 19.1 Å². The number of methoxy groups -OCH3 is 2. The third kappa shape index (κ3) is 4.07. The predicted octanol–water partition coefficient (Wildman–Crippen LogP) is 3.03. The lowest BCUT2D eigenvalue weighted by Crippen LogP contribution is -2.41. The number of nitrogens with zero attached hydrogens (tertiary/aromatic N) is 2. The summed E-state index contributed by atoms with van der Waals surface area (Å²) < 4.78 is 16.5. The Morgan fingerprint density at radius 2 is 2.00 bits per heavy atom. The van der Waals surface area contributed by atoms with Gasteiger partial charge in [0.2, 0.25) is 5.88 Å². The van der Waals surface area contributed by atoms with Gasteiger partial charge in [0.05, 0.1) is 20.8 Å². The lowest BCUT2D eigenvalue weighted by molar-refractivity contribution is 0.0626. The Hall–Kier alpha value is -2.76. The minimum absolute atomic E-state index is 0.115. The number of pyridine rings is 1. The summed E-state index contributed by atoms with van der Waals surface area (Å²) in [5, 5.41) is 0. The fourth-order valence-electron chi connectivity index (χ4n) is 3.22. The van der Waals surface area contributed by atoms with Gasteiger partial charge in [-0.1, -0.05) is 18.2 Å². The molecule has 1 unspecified atom stereocenters. The van der Waals surface area contributed by atoms with Gasteiger partial charge in [-0.3, -0.25) is 4.79 Å². The molecule has 138 valence electrons. The van der Waals surface area contributed by atoms with Crippen molar-refractivity contribution in [1.29, 1.82) is 0 Å². The fraction of sp³-hybridized carbons (Fsp3) is 0.400. The number of hydrogen-bond donors (Lipinski definition) is 0. The number of aromatic nitrogens is 1. The van der Waals surface area contributed by atoms with E-state index in [9.17, 15) is 4.79 Å². The molecule has 2 aromatic rings. The quantitative estimate of drug-likeness (QED) is 0.796. The molecule has 1 fully saturated rings. The largest absolute Gasteiger partial charge is 0.496 e. The highest BCUT2D eigenvalue weighted by molar-refractivity contribution is 5.99. The number of amides is 1. The van der Waals surface area contributed by atoms with Crippen LogP contribution in [0.25, 0.3) is 0 Å². The number of hydrogen-bond acceptors (Lipinski definition) is 5. The number of rotatable bonds is 6. The summed E-state index contributed by atoms with van der Waals surface area (Å²) in [6, 6.07) is 11.4.